The van der Waals surface area contributed by atoms with Gasteiger partial charge in [0.2, 0.25) is 0 Å². The lowest BCUT2D eigenvalue weighted by Gasteiger charge is -2.50. The van der Waals surface area contributed by atoms with Crippen molar-refractivity contribution in [2.24, 2.45) is 0 Å². The molecule has 0 amide bonds. The van der Waals surface area contributed by atoms with Gasteiger partial charge in [-0.15, -0.1) is 0 Å². The number of carbonyl (C=O) groups excluding carboxylic acids is 1. The first-order chi connectivity index (χ1) is 17.5. The molecule has 6 rings (SSSR count). The van der Waals surface area contributed by atoms with E-state index in [0.29, 0.717) is 5.75 Å². The van der Waals surface area contributed by atoms with Crippen molar-refractivity contribution in [1.29, 1.82) is 0 Å². The lowest BCUT2D eigenvalue weighted by atomic mass is 9.89. The molecule has 3 aliphatic rings. The third kappa shape index (κ3) is 3.12. The van der Waals surface area contributed by atoms with Crippen LogP contribution in [0.2, 0.25) is 0 Å². The predicted molar refractivity (Wildman–Crippen MR) is 150 cm³/mol. The SMILES string of the molecule is CN(C)c1ccc(S2(c3ccc(N(C)c4ccccc4)cc3)CC(=O)C3=COC4C=CC=CC342)cc1. The predicted octanol–water partition coefficient (Wildman–Crippen LogP) is 6.47. The highest BCUT2D eigenvalue weighted by molar-refractivity contribution is 8.36. The van der Waals surface area contributed by atoms with Gasteiger partial charge in [0, 0.05) is 44.0 Å². The average Bonchev–Trinajstić information content (AvgIpc) is 3.43. The summed E-state index contributed by atoms with van der Waals surface area (Å²) in [6.07, 6.45) is 10.0. The molecule has 1 saturated heterocycles. The van der Waals surface area contributed by atoms with Crippen molar-refractivity contribution in [3.8, 4) is 0 Å². The summed E-state index contributed by atoms with van der Waals surface area (Å²) in [5, 5.41) is 0. The highest BCUT2D eigenvalue weighted by Gasteiger charge is 2.65. The molecule has 5 heteroatoms. The van der Waals surface area contributed by atoms with Gasteiger partial charge >= 0.3 is 0 Å². The van der Waals surface area contributed by atoms with E-state index in [4.69, 9.17) is 4.74 Å². The number of benzene rings is 3. The molecule has 4 nitrogen and oxygen atoms in total. The number of ketones is 1. The maximum absolute atomic E-state index is 13.6. The minimum absolute atomic E-state index is 0.181. The van der Waals surface area contributed by atoms with Crippen LogP contribution in [0.5, 0.6) is 0 Å². The van der Waals surface area contributed by atoms with E-state index in [1.165, 1.54) is 9.79 Å². The van der Waals surface area contributed by atoms with E-state index in [-0.39, 0.29) is 11.9 Å². The van der Waals surface area contributed by atoms with Gasteiger partial charge in [0.25, 0.3) is 0 Å². The Balaban J connectivity index is 1.53. The maximum Gasteiger partial charge on any atom is 0.172 e. The molecule has 36 heavy (non-hydrogen) atoms. The zero-order valence-electron chi connectivity index (χ0n) is 20.8. The minimum atomic E-state index is -1.83. The number of ether oxygens (including phenoxy) is 1. The summed E-state index contributed by atoms with van der Waals surface area (Å²) in [7, 11) is 4.35. The Morgan fingerprint density at radius 3 is 2.06 bits per heavy atom. The molecular weight excluding hydrogens is 464 g/mol. The van der Waals surface area contributed by atoms with Gasteiger partial charge in [-0.25, -0.2) is 0 Å². The molecule has 182 valence electrons. The molecule has 0 bridgehead atoms. The number of rotatable bonds is 5. The van der Waals surface area contributed by atoms with Crippen LogP contribution in [0.4, 0.5) is 17.1 Å². The molecule has 1 fully saturated rings. The zero-order valence-corrected chi connectivity index (χ0v) is 21.6. The van der Waals surface area contributed by atoms with Gasteiger partial charge in [-0.1, -0.05) is 36.4 Å². The Morgan fingerprint density at radius 2 is 1.42 bits per heavy atom. The highest BCUT2D eigenvalue weighted by atomic mass is 32.3. The molecule has 0 saturated carbocycles. The van der Waals surface area contributed by atoms with Crippen molar-refractivity contribution in [3.05, 3.63) is 115 Å². The molecule has 1 spiro atoms. The molecule has 0 aromatic heterocycles. The number of nitrogens with zero attached hydrogens (tertiary/aromatic N) is 2. The van der Waals surface area contributed by atoms with Crippen LogP contribution in [-0.4, -0.2) is 43.5 Å². The van der Waals surface area contributed by atoms with Crippen LogP contribution in [0, 0.1) is 0 Å². The van der Waals surface area contributed by atoms with E-state index in [0.717, 1.165) is 22.6 Å². The molecule has 3 unspecified atom stereocenters. The van der Waals surface area contributed by atoms with Crippen LogP contribution in [-0.2, 0) is 9.53 Å². The monoisotopic (exact) mass is 494 g/mol. The summed E-state index contributed by atoms with van der Waals surface area (Å²) < 4.78 is 5.65. The topological polar surface area (TPSA) is 32.8 Å². The van der Waals surface area contributed by atoms with Crippen molar-refractivity contribution in [1.82, 2.24) is 0 Å². The number of hydrogen-bond acceptors (Lipinski definition) is 4. The Bertz CT molecular complexity index is 1390. The van der Waals surface area contributed by atoms with Crippen molar-refractivity contribution in [2.75, 3.05) is 36.7 Å². The van der Waals surface area contributed by atoms with Gasteiger partial charge in [-0.05, 0) is 76.5 Å². The quantitative estimate of drug-likeness (QED) is 0.407. The third-order valence-electron chi connectivity index (χ3n) is 7.67. The summed E-state index contributed by atoms with van der Waals surface area (Å²) in [6.45, 7) is 0. The first kappa shape index (κ1) is 22.7. The summed E-state index contributed by atoms with van der Waals surface area (Å²) in [6, 6.07) is 28.0. The first-order valence-corrected chi connectivity index (χ1v) is 14.0. The second-order valence-corrected chi connectivity index (χ2v) is 13.1. The largest absolute Gasteiger partial charge is 0.491 e. The van der Waals surface area contributed by atoms with Gasteiger partial charge in [0.15, 0.2) is 5.78 Å². The second kappa shape index (κ2) is 8.45. The molecule has 3 aromatic carbocycles. The van der Waals surface area contributed by atoms with E-state index < -0.39 is 14.8 Å². The molecule has 3 atom stereocenters. The van der Waals surface area contributed by atoms with E-state index in [1.54, 1.807) is 6.26 Å². The van der Waals surface area contributed by atoms with Crippen molar-refractivity contribution in [3.63, 3.8) is 0 Å². The highest BCUT2D eigenvalue weighted by Crippen LogP contribution is 2.79. The Hall–Kier alpha value is -3.70. The summed E-state index contributed by atoms with van der Waals surface area (Å²) >= 11 is 0. The maximum atomic E-state index is 13.6. The van der Waals surface area contributed by atoms with Crippen LogP contribution in [0.1, 0.15) is 0 Å². The molecule has 0 N–H and O–H groups in total. The van der Waals surface area contributed by atoms with Crippen LogP contribution < -0.4 is 9.80 Å². The lowest BCUT2D eigenvalue weighted by Crippen LogP contribution is -2.41. The molecular formula is C31H30N2O2S. The van der Waals surface area contributed by atoms with Crippen molar-refractivity contribution >= 4 is 32.9 Å². The number of Topliss-reactive ketones (excluding diaryl/α,β-unsaturated/α-hetero) is 1. The first-order valence-electron chi connectivity index (χ1n) is 12.2. The fraction of sp³-hybridized carbons (Fsp3) is 0.194. The number of hydrogen-bond donors (Lipinski definition) is 0. The second-order valence-electron chi connectivity index (χ2n) is 9.71. The Kier molecular flexibility index (Phi) is 5.34. The fourth-order valence-corrected chi connectivity index (χ4v) is 10.5. The number of allylic oxidation sites excluding steroid dienone is 2. The average molecular weight is 495 g/mol. The van der Waals surface area contributed by atoms with Crippen molar-refractivity contribution in [2.45, 2.75) is 20.6 Å². The number of para-hydroxylation sites is 1. The van der Waals surface area contributed by atoms with Gasteiger partial charge in [-0.2, -0.15) is 10.0 Å². The van der Waals surface area contributed by atoms with Crippen LogP contribution in [0.25, 0.3) is 0 Å². The fourth-order valence-electron chi connectivity index (χ4n) is 5.78. The molecule has 3 aromatic rings. The minimum Gasteiger partial charge on any atom is -0.491 e. The standard InChI is InChI=1S/C31H30N2O2S/c1-32(2)23-12-16-26(17-13-23)36(22-29(34)28-21-35-30-11-7-8-20-31(28,30)36)27-18-14-25(15-19-27)33(3)24-9-5-4-6-10-24/h4-21,30H,22H2,1-3H3. The van der Waals surface area contributed by atoms with E-state index in [9.17, 15) is 4.79 Å². The summed E-state index contributed by atoms with van der Waals surface area (Å²) in [4.78, 5) is 20.3. The molecule has 2 heterocycles. The van der Waals surface area contributed by atoms with Gasteiger partial charge < -0.3 is 14.5 Å². The van der Waals surface area contributed by atoms with Gasteiger partial charge in [0.05, 0.1) is 16.6 Å². The summed E-state index contributed by atoms with van der Waals surface area (Å²) in [5.74, 6) is 0.682. The van der Waals surface area contributed by atoms with Gasteiger partial charge in [-0.3, -0.25) is 4.79 Å². The van der Waals surface area contributed by atoms with Crippen LogP contribution >= 0.6 is 10.0 Å². The van der Waals surface area contributed by atoms with E-state index >= 15 is 0 Å². The Labute approximate surface area is 214 Å². The molecule has 1 aliphatic carbocycles. The van der Waals surface area contributed by atoms with Gasteiger partial charge in [0.1, 0.15) is 6.10 Å². The van der Waals surface area contributed by atoms with E-state index in [2.05, 4.69) is 108 Å². The normalized spacial score (nSPS) is 27.5. The molecule has 2 aliphatic heterocycles. The number of carbonyl (C=O) groups is 1. The van der Waals surface area contributed by atoms with Crippen LogP contribution in [0.3, 0.4) is 0 Å². The lowest BCUT2D eigenvalue weighted by molar-refractivity contribution is -0.113. The zero-order chi connectivity index (χ0) is 24.9. The Morgan fingerprint density at radius 1 is 0.806 bits per heavy atom. The summed E-state index contributed by atoms with van der Waals surface area (Å²) in [5.41, 5.74) is 4.20. The smallest absolute Gasteiger partial charge is 0.172 e. The third-order valence-corrected chi connectivity index (χ3v) is 12.3. The number of anilines is 3. The molecule has 0 radical (unpaired) electrons. The van der Waals surface area contributed by atoms with E-state index in [1.807, 2.05) is 26.2 Å². The van der Waals surface area contributed by atoms with Crippen molar-refractivity contribution < 1.29 is 9.53 Å². The van der Waals surface area contributed by atoms with Crippen LogP contribution in [0.15, 0.2) is 125 Å².